The van der Waals surface area contributed by atoms with Crippen molar-refractivity contribution in [3.05, 3.63) is 32.4 Å². The number of nitro groups is 2. The van der Waals surface area contributed by atoms with Crippen molar-refractivity contribution in [2.45, 2.75) is 10.4 Å². The Bertz CT molecular complexity index is 671. The average molecular weight is 357 g/mol. The SMILES string of the molecule is O=C(O)CNc1c([N+](=O)[O-])cc(S(=O)C(F)(F)F)cc1[N+](=O)[O-]. The lowest BCUT2D eigenvalue weighted by Crippen LogP contribution is -2.18. The lowest BCUT2D eigenvalue weighted by Gasteiger charge is -2.09. The smallest absolute Gasteiger partial charge is 0.475 e. The Morgan fingerprint density at radius 2 is 1.65 bits per heavy atom. The van der Waals surface area contributed by atoms with Crippen molar-refractivity contribution in [1.29, 1.82) is 0 Å². The molecule has 23 heavy (non-hydrogen) atoms. The van der Waals surface area contributed by atoms with E-state index >= 15 is 0 Å². The molecule has 14 heteroatoms. The number of aliphatic carboxylic acids is 1. The predicted molar refractivity (Wildman–Crippen MR) is 68.3 cm³/mol. The normalized spacial score (nSPS) is 12.5. The van der Waals surface area contributed by atoms with Gasteiger partial charge < -0.3 is 10.4 Å². The molecule has 2 N–H and O–H groups in total. The van der Waals surface area contributed by atoms with Crippen LogP contribution in [0.15, 0.2) is 17.0 Å². The van der Waals surface area contributed by atoms with Crippen LogP contribution in [-0.2, 0) is 15.6 Å². The number of rotatable bonds is 6. The van der Waals surface area contributed by atoms with E-state index in [9.17, 15) is 42.4 Å². The highest BCUT2D eigenvalue weighted by molar-refractivity contribution is 7.86. The van der Waals surface area contributed by atoms with Crippen molar-refractivity contribution in [3.63, 3.8) is 0 Å². The van der Waals surface area contributed by atoms with E-state index < -0.39 is 60.6 Å². The summed E-state index contributed by atoms with van der Waals surface area (Å²) in [5.74, 6) is -1.52. The maximum absolute atomic E-state index is 12.4. The maximum atomic E-state index is 12.4. The Morgan fingerprint density at radius 1 is 1.22 bits per heavy atom. The number of alkyl halides is 3. The van der Waals surface area contributed by atoms with Crippen LogP contribution in [0.5, 0.6) is 0 Å². The van der Waals surface area contributed by atoms with Crippen LogP contribution in [0.4, 0.5) is 30.2 Å². The fraction of sp³-hybridized carbons (Fsp3) is 0.222. The first-order chi connectivity index (χ1) is 10.4. The Kier molecular flexibility index (Phi) is 5.21. The van der Waals surface area contributed by atoms with Gasteiger partial charge in [0.15, 0.2) is 16.5 Å². The molecule has 0 bridgehead atoms. The van der Waals surface area contributed by atoms with Gasteiger partial charge in [0.25, 0.3) is 0 Å². The lowest BCUT2D eigenvalue weighted by molar-refractivity contribution is -0.392. The monoisotopic (exact) mass is 357 g/mol. The quantitative estimate of drug-likeness (QED) is 0.575. The number of hydrogen-bond acceptors (Lipinski definition) is 7. The number of carboxylic acids is 1. The molecule has 0 amide bonds. The summed E-state index contributed by atoms with van der Waals surface area (Å²) in [4.78, 5) is 28.5. The molecule has 126 valence electrons. The molecule has 0 heterocycles. The van der Waals surface area contributed by atoms with Crippen LogP contribution < -0.4 is 5.32 Å². The second-order valence-electron chi connectivity index (χ2n) is 3.81. The second-order valence-corrected chi connectivity index (χ2v) is 5.28. The summed E-state index contributed by atoms with van der Waals surface area (Å²) in [5.41, 5.74) is -8.58. The molecule has 0 saturated heterocycles. The zero-order valence-corrected chi connectivity index (χ0v) is 11.5. The first kappa shape index (κ1) is 18.3. The van der Waals surface area contributed by atoms with Gasteiger partial charge in [0.05, 0.1) is 14.7 Å². The van der Waals surface area contributed by atoms with Crippen LogP contribution in [0.25, 0.3) is 0 Å². The third kappa shape index (κ3) is 4.35. The molecule has 0 aliphatic heterocycles. The van der Waals surface area contributed by atoms with Crippen molar-refractivity contribution in [1.82, 2.24) is 0 Å². The Balaban J connectivity index is 3.58. The predicted octanol–water partition coefficient (Wildman–Crippen LogP) is 1.63. The van der Waals surface area contributed by atoms with E-state index in [1.807, 2.05) is 5.32 Å². The van der Waals surface area contributed by atoms with Crippen LogP contribution in [0.1, 0.15) is 0 Å². The van der Waals surface area contributed by atoms with Crippen molar-refractivity contribution in [3.8, 4) is 0 Å². The molecule has 0 fully saturated rings. The molecular weight excluding hydrogens is 351 g/mol. The highest BCUT2D eigenvalue weighted by Crippen LogP contribution is 2.38. The number of benzene rings is 1. The standard InChI is InChI=1S/C9H6F3N3O7S/c10-9(11,12)23(22)4-1-5(14(18)19)8(13-3-7(16)17)6(2-4)15(20)21/h1-2,13H,3H2,(H,16,17). The molecule has 0 radical (unpaired) electrons. The van der Waals surface area contributed by atoms with Gasteiger partial charge in [0.2, 0.25) is 0 Å². The maximum Gasteiger partial charge on any atom is 0.475 e. The Morgan fingerprint density at radius 3 is 1.96 bits per heavy atom. The highest BCUT2D eigenvalue weighted by atomic mass is 32.2. The number of carbonyl (C=O) groups is 1. The minimum atomic E-state index is -5.28. The zero-order chi connectivity index (χ0) is 17.9. The van der Waals surface area contributed by atoms with Crippen molar-refractivity contribution in [2.24, 2.45) is 0 Å². The fourth-order valence-electron chi connectivity index (χ4n) is 1.46. The van der Waals surface area contributed by atoms with Gasteiger partial charge in [-0.15, -0.1) is 0 Å². The van der Waals surface area contributed by atoms with Gasteiger partial charge in [-0.3, -0.25) is 25.0 Å². The number of nitrogens with zero attached hydrogens (tertiary/aromatic N) is 2. The van der Waals surface area contributed by atoms with Gasteiger partial charge >= 0.3 is 22.9 Å². The number of nitro benzene ring substituents is 2. The number of nitrogens with one attached hydrogen (secondary N) is 1. The highest BCUT2D eigenvalue weighted by Gasteiger charge is 2.40. The molecule has 0 saturated carbocycles. The van der Waals surface area contributed by atoms with Crippen LogP contribution >= 0.6 is 0 Å². The van der Waals surface area contributed by atoms with E-state index in [-0.39, 0.29) is 12.1 Å². The van der Waals surface area contributed by atoms with Gasteiger partial charge in [-0.25, -0.2) is 4.21 Å². The van der Waals surface area contributed by atoms with Crippen LogP contribution in [0, 0.1) is 20.2 Å². The summed E-state index contributed by atoms with van der Waals surface area (Å²) in [6, 6.07) is 0.474. The topological polar surface area (TPSA) is 153 Å². The first-order valence-electron chi connectivity index (χ1n) is 5.36. The first-order valence-corrected chi connectivity index (χ1v) is 6.51. The molecule has 0 aliphatic rings. The van der Waals surface area contributed by atoms with Crippen molar-refractivity contribution >= 4 is 33.8 Å². The lowest BCUT2D eigenvalue weighted by atomic mass is 10.2. The Labute approximate surface area is 126 Å². The average Bonchev–Trinajstić information content (AvgIpc) is 2.41. The number of anilines is 1. The third-order valence-electron chi connectivity index (χ3n) is 2.30. The fourth-order valence-corrected chi connectivity index (χ4v) is 2.17. The summed E-state index contributed by atoms with van der Waals surface area (Å²) in [6.07, 6.45) is 0. The van der Waals surface area contributed by atoms with Crippen LogP contribution in [0.3, 0.4) is 0 Å². The minimum absolute atomic E-state index is 0.237. The number of halogens is 3. The van der Waals surface area contributed by atoms with E-state index in [1.165, 1.54) is 0 Å². The third-order valence-corrected chi connectivity index (χ3v) is 3.39. The van der Waals surface area contributed by atoms with E-state index in [1.54, 1.807) is 0 Å². The molecule has 1 rings (SSSR count). The van der Waals surface area contributed by atoms with Gasteiger partial charge in [0, 0.05) is 12.1 Å². The van der Waals surface area contributed by atoms with E-state index in [2.05, 4.69) is 0 Å². The van der Waals surface area contributed by atoms with Crippen LogP contribution in [0.2, 0.25) is 0 Å². The summed E-state index contributed by atoms with van der Waals surface area (Å²) in [7, 11) is -3.73. The molecule has 0 aromatic heterocycles. The van der Waals surface area contributed by atoms with Crippen molar-refractivity contribution < 1.29 is 37.1 Å². The van der Waals surface area contributed by atoms with Gasteiger partial charge in [-0.05, 0) is 0 Å². The minimum Gasteiger partial charge on any atom is -0.480 e. The Hall–Kier alpha value is -2.77. The van der Waals surface area contributed by atoms with E-state index in [0.717, 1.165) is 0 Å². The number of carboxylic acid groups (broad SMARTS) is 1. The molecule has 0 aliphatic carbocycles. The summed E-state index contributed by atoms with van der Waals surface area (Å²) < 4.78 is 48.5. The second kappa shape index (κ2) is 6.55. The van der Waals surface area contributed by atoms with Crippen LogP contribution in [-0.4, -0.2) is 37.2 Å². The molecule has 1 aromatic rings. The molecule has 1 aromatic carbocycles. The van der Waals surface area contributed by atoms with E-state index in [0.29, 0.717) is 0 Å². The molecule has 0 spiro atoms. The summed E-state index contributed by atoms with van der Waals surface area (Å²) in [6.45, 7) is -0.955. The molecule has 10 nitrogen and oxygen atoms in total. The van der Waals surface area contributed by atoms with Gasteiger partial charge in [-0.2, -0.15) is 13.2 Å². The van der Waals surface area contributed by atoms with E-state index in [4.69, 9.17) is 5.11 Å². The van der Waals surface area contributed by atoms with Gasteiger partial charge in [0.1, 0.15) is 6.54 Å². The van der Waals surface area contributed by atoms with Gasteiger partial charge in [-0.1, -0.05) is 0 Å². The largest absolute Gasteiger partial charge is 0.480 e. The number of hydrogen-bond donors (Lipinski definition) is 2. The molecular formula is C9H6F3N3O7S. The van der Waals surface area contributed by atoms with Crippen molar-refractivity contribution in [2.75, 3.05) is 11.9 Å². The molecule has 1 atom stereocenters. The zero-order valence-electron chi connectivity index (χ0n) is 10.7. The summed E-state index contributed by atoms with van der Waals surface area (Å²) >= 11 is 0. The summed E-state index contributed by atoms with van der Waals surface area (Å²) in [5, 5.41) is 32.1. The molecule has 1 unspecified atom stereocenters.